The summed E-state index contributed by atoms with van der Waals surface area (Å²) in [7, 11) is 0. The van der Waals surface area contributed by atoms with Crippen LogP contribution in [0.3, 0.4) is 0 Å². The molecule has 0 aliphatic heterocycles. The second-order valence-electron chi connectivity index (χ2n) is 6.23. The Morgan fingerprint density at radius 1 is 1.14 bits per heavy atom. The molecule has 0 aliphatic rings. The van der Waals surface area contributed by atoms with Crippen LogP contribution in [-0.2, 0) is 9.53 Å². The number of furan rings is 1. The van der Waals surface area contributed by atoms with E-state index in [-0.39, 0.29) is 17.6 Å². The van der Waals surface area contributed by atoms with Crippen LogP contribution in [0.2, 0.25) is 0 Å². The van der Waals surface area contributed by atoms with Crippen LogP contribution >= 0.6 is 0 Å². The summed E-state index contributed by atoms with van der Waals surface area (Å²) in [5.74, 6) is -0.582. The number of nitrogens with one attached hydrogen (secondary N) is 1. The van der Waals surface area contributed by atoms with Crippen LogP contribution in [-0.4, -0.2) is 24.6 Å². The minimum Gasteiger partial charge on any atom is -0.491 e. The molecular weight excluding hydrogens is 360 g/mol. The molecule has 0 aliphatic carbocycles. The van der Waals surface area contributed by atoms with Crippen LogP contribution in [0, 0.1) is 11.3 Å². The van der Waals surface area contributed by atoms with Crippen molar-refractivity contribution in [1.82, 2.24) is 0 Å². The number of amides is 1. The molecule has 0 fully saturated rings. The van der Waals surface area contributed by atoms with E-state index in [1.165, 1.54) is 0 Å². The van der Waals surface area contributed by atoms with Crippen molar-refractivity contribution in [3.63, 3.8) is 0 Å². The van der Waals surface area contributed by atoms with Crippen molar-refractivity contribution in [2.45, 2.75) is 20.0 Å². The van der Waals surface area contributed by atoms with Gasteiger partial charge in [-0.2, -0.15) is 5.26 Å². The van der Waals surface area contributed by atoms with Gasteiger partial charge in [0, 0.05) is 5.39 Å². The highest BCUT2D eigenvalue weighted by Gasteiger charge is 2.17. The zero-order valence-corrected chi connectivity index (χ0v) is 15.4. The van der Waals surface area contributed by atoms with E-state index in [9.17, 15) is 14.9 Å². The van der Waals surface area contributed by atoms with Crippen molar-refractivity contribution in [3.8, 4) is 11.8 Å². The maximum absolute atomic E-state index is 12.2. The second-order valence-corrected chi connectivity index (χ2v) is 6.23. The minimum atomic E-state index is -0.635. The number of carbonyl (C=O) groups is 2. The van der Waals surface area contributed by atoms with Gasteiger partial charge in [0.25, 0.3) is 5.91 Å². The number of ether oxygens (including phenoxy) is 2. The summed E-state index contributed by atoms with van der Waals surface area (Å²) >= 11 is 0. The minimum absolute atomic E-state index is 0.0124. The SMILES string of the molecule is CC(C)Oc1ccc(C(=O)OCC(=O)Nc2c(C#N)oc3ccccc23)cc1. The maximum atomic E-state index is 12.2. The Bertz CT molecular complexity index is 1040. The van der Waals surface area contributed by atoms with E-state index >= 15 is 0 Å². The summed E-state index contributed by atoms with van der Waals surface area (Å²) in [6.07, 6.45) is 0.0267. The van der Waals surface area contributed by atoms with Gasteiger partial charge in [0.2, 0.25) is 5.76 Å². The first-order valence-electron chi connectivity index (χ1n) is 8.63. The zero-order chi connectivity index (χ0) is 20.1. The first kappa shape index (κ1) is 19.0. The summed E-state index contributed by atoms with van der Waals surface area (Å²) in [5.41, 5.74) is 1.04. The molecule has 28 heavy (non-hydrogen) atoms. The molecule has 0 atom stereocenters. The molecule has 3 rings (SSSR count). The van der Waals surface area contributed by atoms with Crippen LogP contribution in [0.5, 0.6) is 5.75 Å². The third-order valence-electron chi connectivity index (χ3n) is 3.76. The normalized spacial score (nSPS) is 10.5. The van der Waals surface area contributed by atoms with E-state index in [0.717, 1.165) is 0 Å². The molecule has 1 amide bonds. The zero-order valence-electron chi connectivity index (χ0n) is 15.4. The van der Waals surface area contributed by atoms with Crippen LogP contribution < -0.4 is 10.1 Å². The Balaban J connectivity index is 1.62. The van der Waals surface area contributed by atoms with Gasteiger partial charge in [0.15, 0.2) is 6.61 Å². The van der Waals surface area contributed by atoms with E-state index < -0.39 is 18.5 Å². The second kappa shape index (κ2) is 8.27. The lowest BCUT2D eigenvalue weighted by Crippen LogP contribution is -2.21. The summed E-state index contributed by atoms with van der Waals surface area (Å²) in [5, 5.41) is 12.4. The highest BCUT2D eigenvalue weighted by Crippen LogP contribution is 2.30. The predicted molar refractivity (Wildman–Crippen MR) is 102 cm³/mol. The van der Waals surface area contributed by atoms with Gasteiger partial charge in [-0.15, -0.1) is 0 Å². The monoisotopic (exact) mass is 378 g/mol. The highest BCUT2D eigenvalue weighted by atomic mass is 16.5. The molecule has 2 aromatic carbocycles. The number of hydrogen-bond donors (Lipinski definition) is 1. The predicted octanol–water partition coefficient (Wildman–Crippen LogP) is 3.89. The summed E-state index contributed by atoms with van der Waals surface area (Å²) in [6, 6.07) is 15.3. The Morgan fingerprint density at radius 2 is 1.86 bits per heavy atom. The van der Waals surface area contributed by atoms with Crippen molar-refractivity contribution in [2.24, 2.45) is 0 Å². The van der Waals surface area contributed by atoms with Crippen LogP contribution in [0.15, 0.2) is 52.9 Å². The molecule has 0 bridgehead atoms. The lowest BCUT2D eigenvalue weighted by Gasteiger charge is -2.10. The number of nitrogens with zero attached hydrogens (tertiary/aromatic N) is 1. The molecule has 7 nitrogen and oxygen atoms in total. The Hall–Kier alpha value is -3.79. The van der Waals surface area contributed by atoms with Gasteiger partial charge in [0.1, 0.15) is 23.1 Å². The number of para-hydroxylation sites is 1. The van der Waals surface area contributed by atoms with Crippen molar-refractivity contribution in [2.75, 3.05) is 11.9 Å². The van der Waals surface area contributed by atoms with Crippen LogP contribution in [0.25, 0.3) is 11.0 Å². The Kier molecular flexibility index (Phi) is 5.61. The molecular formula is C21H18N2O5. The molecule has 0 radical (unpaired) electrons. The maximum Gasteiger partial charge on any atom is 0.338 e. The van der Waals surface area contributed by atoms with E-state index in [4.69, 9.17) is 13.9 Å². The highest BCUT2D eigenvalue weighted by molar-refractivity contribution is 6.03. The van der Waals surface area contributed by atoms with E-state index in [0.29, 0.717) is 22.3 Å². The number of fused-ring (bicyclic) bond motifs is 1. The molecule has 142 valence electrons. The summed E-state index contributed by atoms with van der Waals surface area (Å²) in [6.45, 7) is 3.32. The molecule has 0 saturated carbocycles. The number of nitriles is 1. The fourth-order valence-corrected chi connectivity index (χ4v) is 2.58. The third kappa shape index (κ3) is 4.30. The molecule has 1 N–H and O–H groups in total. The molecule has 3 aromatic rings. The number of anilines is 1. The van der Waals surface area contributed by atoms with Crippen molar-refractivity contribution in [1.29, 1.82) is 5.26 Å². The molecule has 7 heteroatoms. The molecule has 0 saturated heterocycles. The number of esters is 1. The van der Waals surface area contributed by atoms with E-state index in [1.807, 2.05) is 19.9 Å². The molecule has 1 aromatic heterocycles. The van der Waals surface area contributed by atoms with Gasteiger partial charge in [-0.1, -0.05) is 12.1 Å². The van der Waals surface area contributed by atoms with Gasteiger partial charge in [-0.3, -0.25) is 4.79 Å². The lowest BCUT2D eigenvalue weighted by molar-refractivity contribution is -0.119. The number of hydrogen-bond acceptors (Lipinski definition) is 6. The fraction of sp³-hybridized carbons (Fsp3) is 0.190. The Labute approximate surface area is 161 Å². The largest absolute Gasteiger partial charge is 0.491 e. The molecule has 0 spiro atoms. The van der Waals surface area contributed by atoms with E-state index in [2.05, 4.69) is 5.32 Å². The lowest BCUT2D eigenvalue weighted by atomic mass is 10.2. The third-order valence-corrected chi connectivity index (χ3v) is 3.76. The van der Waals surface area contributed by atoms with Gasteiger partial charge < -0.3 is 19.2 Å². The van der Waals surface area contributed by atoms with Crippen LogP contribution in [0.4, 0.5) is 5.69 Å². The Morgan fingerprint density at radius 3 is 2.54 bits per heavy atom. The number of rotatable bonds is 6. The standard InChI is InChI=1S/C21H18N2O5/c1-13(2)27-15-9-7-14(8-10-15)21(25)26-12-19(24)23-20-16-5-3-4-6-17(16)28-18(20)11-22/h3-10,13H,12H2,1-2H3,(H,23,24). The first-order valence-corrected chi connectivity index (χ1v) is 8.63. The van der Waals surface area contributed by atoms with E-state index in [1.54, 1.807) is 48.5 Å². The summed E-state index contributed by atoms with van der Waals surface area (Å²) < 4.78 is 15.9. The average Bonchev–Trinajstić information content (AvgIpc) is 3.04. The topological polar surface area (TPSA) is 102 Å². The quantitative estimate of drug-likeness (QED) is 0.653. The van der Waals surface area contributed by atoms with Crippen molar-refractivity contribution in [3.05, 3.63) is 59.9 Å². The number of benzene rings is 2. The molecule has 0 unspecified atom stereocenters. The van der Waals surface area contributed by atoms with Crippen molar-refractivity contribution < 1.29 is 23.5 Å². The first-order chi connectivity index (χ1) is 13.5. The van der Waals surface area contributed by atoms with Gasteiger partial charge in [-0.05, 0) is 50.2 Å². The number of carbonyl (C=O) groups excluding carboxylic acids is 2. The molecule has 1 heterocycles. The van der Waals surface area contributed by atoms with Gasteiger partial charge >= 0.3 is 5.97 Å². The average molecular weight is 378 g/mol. The van der Waals surface area contributed by atoms with Crippen LogP contribution in [0.1, 0.15) is 30.0 Å². The van der Waals surface area contributed by atoms with Crippen molar-refractivity contribution >= 4 is 28.5 Å². The smallest absolute Gasteiger partial charge is 0.338 e. The van der Waals surface area contributed by atoms with Gasteiger partial charge in [0.05, 0.1) is 11.7 Å². The summed E-state index contributed by atoms with van der Waals surface area (Å²) in [4.78, 5) is 24.3. The fourth-order valence-electron chi connectivity index (χ4n) is 2.58. The van der Waals surface area contributed by atoms with Gasteiger partial charge in [-0.25, -0.2) is 4.79 Å².